The van der Waals surface area contributed by atoms with Gasteiger partial charge in [-0.25, -0.2) is 14.5 Å². The molecule has 172 valence electrons. The highest BCUT2D eigenvalue weighted by molar-refractivity contribution is 6.30. The summed E-state index contributed by atoms with van der Waals surface area (Å²) in [6.07, 6.45) is 2.66. The first kappa shape index (κ1) is 22.7. The van der Waals surface area contributed by atoms with Crippen molar-refractivity contribution in [2.75, 3.05) is 10.6 Å². The molecule has 10 nitrogen and oxygen atoms in total. The Balaban J connectivity index is 1.44. The zero-order valence-electron chi connectivity index (χ0n) is 18.7. The fraction of sp³-hybridized carbons (Fsp3) is 0.364. The Bertz CT molecular complexity index is 1190. The van der Waals surface area contributed by atoms with Gasteiger partial charge in [0.05, 0.1) is 17.6 Å². The molecule has 1 aliphatic carbocycles. The summed E-state index contributed by atoms with van der Waals surface area (Å²) in [7, 11) is 1.64. The van der Waals surface area contributed by atoms with Gasteiger partial charge in [0.1, 0.15) is 11.3 Å². The number of amides is 2. The molecule has 2 amide bonds. The summed E-state index contributed by atoms with van der Waals surface area (Å²) < 4.78 is 6.84. The van der Waals surface area contributed by atoms with E-state index in [1.807, 2.05) is 0 Å². The predicted molar refractivity (Wildman–Crippen MR) is 123 cm³/mol. The van der Waals surface area contributed by atoms with E-state index >= 15 is 0 Å². The molecule has 11 heteroatoms. The van der Waals surface area contributed by atoms with Gasteiger partial charge in [-0.1, -0.05) is 36.7 Å². The minimum atomic E-state index is -0.704. The molecule has 3 aromatic rings. The van der Waals surface area contributed by atoms with Crippen LogP contribution in [-0.2, 0) is 16.6 Å². The smallest absolute Gasteiger partial charge is 0.413 e. The normalized spacial score (nSPS) is 17.2. The molecule has 0 radical (unpaired) electrons. The fourth-order valence-electron chi connectivity index (χ4n) is 3.47. The molecule has 33 heavy (non-hydrogen) atoms. The summed E-state index contributed by atoms with van der Waals surface area (Å²) in [6, 6.07) is 6.88. The van der Waals surface area contributed by atoms with Crippen molar-refractivity contribution in [3.63, 3.8) is 0 Å². The van der Waals surface area contributed by atoms with E-state index in [1.54, 1.807) is 50.6 Å². The van der Waals surface area contributed by atoms with Gasteiger partial charge >= 0.3 is 6.09 Å². The highest BCUT2D eigenvalue weighted by Crippen LogP contribution is 2.52. The third-order valence-corrected chi connectivity index (χ3v) is 5.98. The number of aryl methyl sites for hydroxylation is 1. The first-order valence-electron chi connectivity index (χ1n) is 10.4. The van der Waals surface area contributed by atoms with Crippen LogP contribution in [0.15, 0.2) is 36.7 Å². The molecule has 1 saturated carbocycles. The van der Waals surface area contributed by atoms with E-state index in [9.17, 15) is 9.59 Å². The lowest BCUT2D eigenvalue weighted by molar-refractivity contribution is -0.118. The van der Waals surface area contributed by atoms with Crippen molar-refractivity contribution in [2.45, 2.75) is 33.3 Å². The van der Waals surface area contributed by atoms with Crippen molar-refractivity contribution in [3.05, 3.63) is 47.4 Å². The lowest BCUT2D eigenvalue weighted by Crippen LogP contribution is -2.18. The lowest BCUT2D eigenvalue weighted by atomic mass is 10.1. The quantitative estimate of drug-likeness (QED) is 0.518. The number of nitrogens with one attached hydrogen (secondary N) is 2. The number of anilines is 2. The number of rotatable bonds is 6. The van der Waals surface area contributed by atoms with Crippen molar-refractivity contribution < 1.29 is 14.3 Å². The summed E-state index contributed by atoms with van der Waals surface area (Å²) in [5.74, 6) is 0.318. The molecule has 1 fully saturated rings. The highest BCUT2D eigenvalue weighted by atomic mass is 35.5. The van der Waals surface area contributed by atoms with Gasteiger partial charge in [-0.05, 0) is 37.0 Å². The second kappa shape index (κ2) is 8.78. The fourth-order valence-corrected chi connectivity index (χ4v) is 3.75. The molecule has 1 unspecified atom stereocenters. The average Bonchev–Trinajstić information content (AvgIpc) is 3.28. The summed E-state index contributed by atoms with van der Waals surface area (Å²) in [5, 5.41) is 13.9. The molecular formula is C22H24ClN7O3. The Morgan fingerprint density at radius 1 is 1.24 bits per heavy atom. The summed E-state index contributed by atoms with van der Waals surface area (Å²) in [4.78, 5) is 33.2. The number of hydrogen-bond acceptors (Lipinski definition) is 7. The Labute approximate surface area is 195 Å². The molecule has 4 rings (SSSR count). The minimum Gasteiger partial charge on any atom is -0.441 e. The second-order valence-electron chi connectivity index (χ2n) is 8.63. The van der Waals surface area contributed by atoms with Gasteiger partial charge in [0.2, 0.25) is 5.91 Å². The summed E-state index contributed by atoms with van der Waals surface area (Å²) in [6.45, 7) is 5.83. The van der Waals surface area contributed by atoms with Crippen LogP contribution in [0.5, 0.6) is 0 Å². The zero-order chi connectivity index (χ0) is 23.8. The number of halogens is 1. The molecule has 0 spiro atoms. The standard InChI is InChI=1S/C22H24ClN7O3/c1-12(14-6-5-9-24-18(14)23)33-21(32)27-19-17(28-29-30(19)4)16-8-7-13(11-25-16)26-20(31)15-10-22(15,2)3/h5-9,11-12,15H,10H2,1-4H3,(H,26,31)(H,27,32)/t12-,15?/m1/s1. The van der Waals surface area contributed by atoms with Crippen LogP contribution in [0.25, 0.3) is 11.4 Å². The molecule has 2 N–H and O–H groups in total. The largest absolute Gasteiger partial charge is 0.441 e. The van der Waals surface area contributed by atoms with Gasteiger partial charge in [0, 0.05) is 24.7 Å². The maximum Gasteiger partial charge on any atom is 0.413 e. The number of pyridine rings is 2. The molecule has 0 aliphatic heterocycles. The zero-order valence-corrected chi connectivity index (χ0v) is 19.4. The Kier molecular flexibility index (Phi) is 6.03. The number of nitrogens with zero attached hydrogens (tertiary/aromatic N) is 5. The second-order valence-corrected chi connectivity index (χ2v) is 8.99. The van der Waals surface area contributed by atoms with Gasteiger partial charge in [-0.2, -0.15) is 0 Å². The van der Waals surface area contributed by atoms with Crippen LogP contribution in [0.4, 0.5) is 16.3 Å². The first-order chi connectivity index (χ1) is 15.7. The number of aromatic nitrogens is 5. The number of hydrogen-bond donors (Lipinski definition) is 2. The van der Waals surface area contributed by atoms with E-state index in [0.29, 0.717) is 28.5 Å². The van der Waals surface area contributed by atoms with Gasteiger partial charge < -0.3 is 10.1 Å². The molecule has 1 aliphatic rings. The average molecular weight is 470 g/mol. The van der Waals surface area contributed by atoms with Crippen LogP contribution in [0.1, 0.15) is 38.9 Å². The van der Waals surface area contributed by atoms with Gasteiger partial charge in [-0.3, -0.25) is 15.1 Å². The maximum absolute atomic E-state index is 12.5. The monoisotopic (exact) mass is 469 g/mol. The van der Waals surface area contributed by atoms with Crippen LogP contribution in [-0.4, -0.2) is 37.0 Å². The van der Waals surface area contributed by atoms with Crippen LogP contribution in [0.2, 0.25) is 5.15 Å². The summed E-state index contributed by atoms with van der Waals surface area (Å²) in [5.41, 5.74) is 2.07. The molecular weight excluding hydrogens is 446 g/mol. The maximum atomic E-state index is 12.5. The van der Waals surface area contributed by atoms with E-state index in [2.05, 4.69) is 44.8 Å². The summed E-state index contributed by atoms with van der Waals surface area (Å²) >= 11 is 6.07. The van der Waals surface area contributed by atoms with Crippen molar-refractivity contribution in [1.82, 2.24) is 25.0 Å². The van der Waals surface area contributed by atoms with Crippen LogP contribution in [0.3, 0.4) is 0 Å². The SMILES string of the molecule is C[C@@H](OC(=O)Nc1c(-c2ccc(NC(=O)C3CC3(C)C)cn2)nnn1C)c1cccnc1Cl. The van der Waals surface area contributed by atoms with E-state index < -0.39 is 12.2 Å². The van der Waals surface area contributed by atoms with E-state index in [0.717, 1.165) is 6.42 Å². The molecule has 0 aromatic carbocycles. The predicted octanol–water partition coefficient (Wildman–Crippen LogP) is 4.22. The topological polar surface area (TPSA) is 124 Å². The van der Waals surface area contributed by atoms with Crippen LogP contribution >= 0.6 is 11.6 Å². The molecule has 0 bridgehead atoms. The molecule has 3 aromatic heterocycles. The Morgan fingerprint density at radius 3 is 2.64 bits per heavy atom. The molecule has 3 heterocycles. The van der Waals surface area contributed by atoms with Gasteiger partial charge in [0.25, 0.3) is 0 Å². The van der Waals surface area contributed by atoms with Crippen LogP contribution < -0.4 is 10.6 Å². The van der Waals surface area contributed by atoms with Crippen molar-refractivity contribution in [3.8, 4) is 11.4 Å². The van der Waals surface area contributed by atoms with E-state index in [-0.39, 0.29) is 22.4 Å². The first-order valence-corrected chi connectivity index (χ1v) is 10.8. The van der Waals surface area contributed by atoms with E-state index in [1.165, 1.54) is 4.68 Å². The Hall–Kier alpha value is -3.53. The van der Waals surface area contributed by atoms with Gasteiger partial charge in [0.15, 0.2) is 11.5 Å². The van der Waals surface area contributed by atoms with Crippen LogP contribution in [0, 0.1) is 11.3 Å². The Morgan fingerprint density at radius 2 is 2.00 bits per heavy atom. The number of ether oxygens (including phenoxy) is 1. The van der Waals surface area contributed by atoms with Crippen molar-refractivity contribution >= 4 is 35.1 Å². The lowest BCUT2D eigenvalue weighted by Gasteiger charge is -2.15. The molecule has 0 saturated heterocycles. The molecule has 2 atom stereocenters. The third kappa shape index (κ3) is 4.95. The highest BCUT2D eigenvalue weighted by Gasteiger charge is 2.50. The van der Waals surface area contributed by atoms with Crippen molar-refractivity contribution in [2.24, 2.45) is 18.4 Å². The third-order valence-electron chi connectivity index (χ3n) is 5.66. The van der Waals surface area contributed by atoms with Gasteiger partial charge in [-0.15, -0.1) is 5.10 Å². The minimum absolute atomic E-state index is 0.0120. The van der Waals surface area contributed by atoms with Crippen molar-refractivity contribution in [1.29, 1.82) is 0 Å². The number of carbonyl (C=O) groups is 2. The number of carbonyl (C=O) groups excluding carboxylic acids is 2. The van der Waals surface area contributed by atoms with E-state index in [4.69, 9.17) is 16.3 Å².